The fourth-order valence-corrected chi connectivity index (χ4v) is 2.56. The molecule has 0 amide bonds. The van der Waals surface area contributed by atoms with E-state index in [0.717, 1.165) is 34.4 Å². The number of aromatic amines is 1. The lowest BCUT2D eigenvalue weighted by atomic mass is 10.1. The number of H-pyrrole nitrogens is 1. The van der Waals surface area contributed by atoms with Gasteiger partial charge in [-0.3, -0.25) is 0 Å². The SMILES string of the molecule is COc1cc2[nH]cc(CCN)c2cc1OCc1ccccc1. The molecule has 0 spiro atoms. The lowest BCUT2D eigenvalue weighted by molar-refractivity contribution is 0.285. The molecule has 3 N–H and O–H groups in total. The number of hydrogen-bond acceptors (Lipinski definition) is 3. The quantitative estimate of drug-likeness (QED) is 0.734. The molecular weight excluding hydrogens is 276 g/mol. The van der Waals surface area contributed by atoms with Crippen LogP contribution in [-0.4, -0.2) is 18.6 Å². The van der Waals surface area contributed by atoms with Crippen molar-refractivity contribution in [3.63, 3.8) is 0 Å². The lowest BCUT2D eigenvalue weighted by Gasteiger charge is -2.11. The minimum atomic E-state index is 0.513. The van der Waals surface area contributed by atoms with Gasteiger partial charge in [-0.2, -0.15) is 0 Å². The Labute approximate surface area is 129 Å². The number of ether oxygens (including phenoxy) is 2. The molecule has 0 fully saturated rings. The van der Waals surface area contributed by atoms with Crippen molar-refractivity contribution >= 4 is 10.9 Å². The third kappa shape index (κ3) is 2.92. The zero-order valence-electron chi connectivity index (χ0n) is 12.6. The van der Waals surface area contributed by atoms with Gasteiger partial charge in [-0.1, -0.05) is 30.3 Å². The highest BCUT2D eigenvalue weighted by Gasteiger charge is 2.11. The molecule has 3 rings (SSSR count). The van der Waals surface area contributed by atoms with Crippen molar-refractivity contribution in [2.45, 2.75) is 13.0 Å². The molecule has 4 heteroatoms. The molecule has 0 unspecified atom stereocenters. The summed E-state index contributed by atoms with van der Waals surface area (Å²) in [6.45, 7) is 1.14. The highest BCUT2D eigenvalue weighted by atomic mass is 16.5. The number of fused-ring (bicyclic) bond motifs is 1. The molecule has 0 radical (unpaired) electrons. The smallest absolute Gasteiger partial charge is 0.162 e. The molecule has 2 aromatic carbocycles. The van der Waals surface area contributed by atoms with Crippen LogP contribution >= 0.6 is 0 Å². The normalized spacial score (nSPS) is 10.8. The molecule has 114 valence electrons. The van der Waals surface area contributed by atoms with Crippen LogP contribution in [0.3, 0.4) is 0 Å². The highest BCUT2D eigenvalue weighted by Crippen LogP contribution is 2.34. The molecule has 0 aliphatic rings. The Bertz CT molecular complexity index is 750. The third-order valence-electron chi connectivity index (χ3n) is 3.70. The molecule has 1 heterocycles. The van der Waals surface area contributed by atoms with Crippen LogP contribution in [0.25, 0.3) is 10.9 Å². The van der Waals surface area contributed by atoms with Crippen molar-refractivity contribution in [1.29, 1.82) is 0 Å². The van der Waals surface area contributed by atoms with Gasteiger partial charge in [0, 0.05) is 23.2 Å². The summed E-state index contributed by atoms with van der Waals surface area (Å²) in [5.74, 6) is 1.47. The zero-order valence-corrected chi connectivity index (χ0v) is 12.6. The number of aromatic nitrogens is 1. The Kier molecular flexibility index (Phi) is 4.30. The summed E-state index contributed by atoms with van der Waals surface area (Å²) in [6, 6.07) is 14.1. The average Bonchev–Trinajstić information content (AvgIpc) is 2.95. The molecular formula is C18H20N2O2. The lowest BCUT2D eigenvalue weighted by Crippen LogP contribution is -2.02. The Hall–Kier alpha value is -2.46. The average molecular weight is 296 g/mol. The molecule has 1 aromatic heterocycles. The molecule has 4 nitrogen and oxygen atoms in total. The Morgan fingerprint density at radius 3 is 2.64 bits per heavy atom. The molecule has 0 aliphatic carbocycles. The number of rotatable bonds is 6. The van der Waals surface area contributed by atoms with Gasteiger partial charge in [0.25, 0.3) is 0 Å². The first-order valence-corrected chi connectivity index (χ1v) is 7.36. The summed E-state index contributed by atoms with van der Waals surface area (Å²) < 4.78 is 11.4. The van der Waals surface area contributed by atoms with Crippen molar-refractivity contribution in [2.75, 3.05) is 13.7 Å². The summed E-state index contributed by atoms with van der Waals surface area (Å²) >= 11 is 0. The molecule has 0 saturated heterocycles. The summed E-state index contributed by atoms with van der Waals surface area (Å²) in [4.78, 5) is 3.26. The Balaban J connectivity index is 1.90. The molecule has 0 saturated carbocycles. The third-order valence-corrected chi connectivity index (χ3v) is 3.70. The van der Waals surface area contributed by atoms with E-state index >= 15 is 0 Å². The minimum Gasteiger partial charge on any atom is -0.493 e. The Morgan fingerprint density at radius 2 is 1.91 bits per heavy atom. The predicted molar refractivity (Wildman–Crippen MR) is 88.4 cm³/mol. The second-order valence-corrected chi connectivity index (χ2v) is 5.18. The summed E-state index contributed by atoms with van der Waals surface area (Å²) in [7, 11) is 1.65. The second kappa shape index (κ2) is 6.54. The maximum absolute atomic E-state index is 5.95. The number of methoxy groups -OCH3 is 1. The largest absolute Gasteiger partial charge is 0.493 e. The standard InChI is InChI=1S/C18H20N2O2/c1-21-17-10-16-15(14(7-8-19)11-20-16)9-18(17)22-12-13-5-3-2-4-6-13/h2-6,9-11,20H,7-8,12,19H2,1H3. The van der Waals surface area contributed by atoms with E-state index < -0.39 is 0 Å². The summed E-state index contributed by atoms with van der Waals surface area (Å²) in [6.07, 6.45) is 2.84. The molecule has 22 heavy (non-hydrogen) atoms. The molecule has 3 aromatic rings. The highest BCUT2D eigenvalue weighted by molar-refractivity contribution is 5.86. The van der Waals surface area contributed by atoms with E-state index in [-0.39, 0.29) is 0 Å². The minimum absolute atomic E-state index is 0.513. The van der Waals surface area contributed by atoms with Gasteiger partial charge in [0.05, 0.1) is 7.11 Å². The van der Waals surface area contributed by atoms with Gasteiger partial charge in [0.1, 0.15) is 6.61 Å². The summed E-state index contributed by atoms with van der Waals surface area (Å²) in [5, 5.41) is 1.13. The van der Waals surface area contributed by atoms with E-state index in [4.69, 9.17) is 15.2 Å². The molecule has 0 bridgehead atoms. The molecule has 0 atom stereocenters. The van der Waals surface area contributed by atoms with Crippen molar-refractivity contribution in [3.8, 4) is 11.5 Å². The van der Waals surface area contributed by atoms with Crippen LogP contribution in [0.4, 0.5) is 0 Å². The van der Waals surface area contributed by atoms with Crippen molar-refractivity contribution in [1.82, 2.24) is 4.98 Å². The van der Waals surface area contributed by atoms with Crippen molar-refractivity contribution < 1.29 is 9.47 Å². The summed E-state index contributed by atoms with van der Waals surface area (Å²) in [5.41, 5.74) is 9.03. The van der Waals surface area contributed by atoms with E-state index in [9.17, 15) is 0 Å². The monoisotopic (exact) mass is 296 g/mol. The van der Waals surface area contributed by atoms with Gasteiger partial charge in [0.2, 0.25) is 0 Å². The van der Waals surface area contributed by atoms with Gasteiger partial charge in [-0.05, 0) is 30.2 Å². The van der Waals surface area contributed by atoms with Gasteiger partial charge in [-0.25, -0.2) is 0 Å². The zero-order chi connectivity index (χ0) is 15.4. The number of hydrogen-bond donors (Lipinski definition) is 2. The fourth-order valence-electron chi connectivity index (χ4n) is 2.56. The molecule has 0 aliphatic heterocycles. The van der Waals surface area contributed by atoms with Crippen LogP contribution in [0.15, 0.2) is 48.7 Å². The first-order chi connectivity index (χ1) is 10.8. The maximum Gasteiger partial charge on any atom is 0.162 e. The topological polar surface area (TPSA) is 60.3 Å². The van der Waals surface area contributed by atoms with Gasteiger partial charge in [-0.15, -0.1) is 0 Å². The van der Waals surface area contributed by atoms with Gasteiger partial charge >= 0.3 is 0 Å². The van der Waals surface area contributed by atoms with E-state index in [2.05, 4.69) is 4.98 Å². The van der Waals surface area contributed by atoms with Gasteiger partial charge in [0.15, 0.2) is 11.5 Å². The van der Waals surface area contributed by atoms with E-state index in [0.29, 0.717) is 13.2 Å². The van der Waals surface area contributed by atoms with Crippen LogP contribution in [0.5, 0.6) is 11.5 Å². The van der Waals surface area contributed by atoms with E-state index in [1.165, 1.54) is 5.56 Å². The van der Waals surface area contributed by atoms with Crippen LogP contribution in [-0.2, 0) is 13.0 Å². The Morgan fingerprint density at radius 1 is 1.09 bits per heavy atom. The van der Waals surface area contributed by atoms with Crippen LogP contribution in [0, 0.1) is 0 Å². The van der Waals surface area contributed by atoms with Crippen molar-refractivity contribution in [2.24, 2.45) is 5.73 Å². The van der Waals surface area contributed by atoms with Crippen LogP contribution in [0.1, 0.15) is 11.1 Å². The van der Waals surface area contributed by atoms with Gasteiger partial charge < -0.3 is 20.2 Å². The van der Waals surface area contributed by atoms with Crippen LogP contribution in [0.2, 0.25) is 0 Å². The number of benzene rings is 2. The number of nitrogens with one attached hydrogen (secondary N) is 1. The van der Waals surface area contributed by atoms with Crippen LogP contribution < -0.4 is 15.2 Å². The second-order valence-electron chi connectivity index (χ2n) is 5.18. The number of nitrogens with two attached hydrogens (primary N) is 1. The fraction of sp³-hybridized carbons (Fsp3) is 0.222. The van der Waals surface area contributed by atoms with E-state index in [1.807, 2.05) is 48.7 Å². The van der Waals surface area contributed by atoms with Crippen molar-refractivity contribution in [3.05, 3.63) is 59.8 Å². The predicted octanol–water partition coefficient (Wildman–Crippen LogP) is 3.26. The maximum atomic E-state index is 5.95. The first kappa shape index (κ1) is 14.5. The van der Waals surface area contributed by atoms with E-state index in [1.54, 1.807) is 7.11 Å². The first-order valence-electron chi connectivity index (χ1n) is 7.36.